The Kier molecular flexibility index (Phi) is 3.52. The van der Waals surface area contributed by atoms with Crippen LogP contribution in [0.4, 0.5) is 0 Å². The van der Waals surface area contributed by atoms with Crippen LogP contribution in [0.1, 0.15) is 26.5 Å². The summed E-state index contributed by atoms with van der Waals surface area (Å²) in [6.07, 6.45) is 3.42. The maximum absolute atomic E-state index is 11.2. The van der Waals surface area contributed by atoms with Crippen LogP contribution in [0.15, 0.2) is 12.4 Å². The molecule has 0 aliphatic heterocycles. The van der Waals surface area contributed by atoms with Gasteiger partial charge in [0.1, 0.15) is 5.02 Å². The van der Waals surface area contributed by atoms with Crippen molar-refractivity contribution >= 4 is 23.0 Å². The summed E-state index contributed by atoms with van der Waals surface area (Å²) in [4.78, 5) is 15.6. The first kappa shape index (κ1) is 12.8. The first-order chi connectivity index (χ1) is 8.52. The fraction of sp³-hybridized carbons (Fsp3) is 0.417. The molecular weight excluding hydrogens is 254 g/mol. The molecule has 2 aromatic heterocycles. The van der Waals surface area contributed by atoms with Crippen molar-refractivity contribution < 1.29 is 9.53 Å². The summed E-state index contributed by atoms with van der Waals surface area (Å²) in [5.41, 5.74) is 1.36. The zero-order chi connectivity index (χ0) is 13.3. The van der Waals surface area contributed by atoms with Gasteiger partial charge in [-0.25, -0.2) is 9.50 Å². The first-order valence-corrected chi connectivity index (χ1v) is 6.10. The molecular formula is C12H14ClN3O2. The second kappa shape index (κ2) is 4.94. The Balaban J connectivity index is 2.45. The van der Waals surface area contributed by atoms with E-state index in [2.05, 4.69) is 10.1 Å². The highest BCUT2D eigenvalue weighted by molar-refractivity contribution is 6.33. The molecule has 1 unspecified atom stereocenters. The molecule has 0 spiro atoms. The van der Waals surface area contributed by atoms with Crippen LogP contribution in [0.2, 0.25) is 5.02 Å². The number of rotatable bonds is 4. The van der Waals surface area contributed by atoms with Crippen LogP contribution in [0.3, 0.4) is 0 Å². The van der Waals surface area contributed by atoms with Gasteiger partial charge in [0.25, 0.3) is 0 Å². The molecule has 0 saturated heterocycles. The van der Waals surface area contributed by atoms with Crippen LogP contribution in [0.5, 0.6) is 5.75 Å². The minimum atomic E-state index is -0.499. The number of hydrogen-bond donors (Lipinski definition) is 0. The smallest absolute Gasteiger partial charge is 0.174 e. The zero-order valence-electron chi connectivity index (χ0n) is 10.5. The van der Waals surface area contributed by atoms with Gasteiger partial charge in [-0.1, -0.05) is 18.5 Å². The van der Waals surface area contributed by atoms with Gasteiger partial charge in [-0.05, 0) is 20.3 Å². The molecule has 5 nitrogen and oxygen atoms in total. The average Bonchev–Trinajstić information content (AvgIpc) is 2.69. The Morgan fingerprint density at radius 1 is 1.61 bits per heavy atom. The number of nitrogens with zero attached hydrogens (tertiary/aromatic N) is 3. The highest BCUT2D eigenvalue weighted by Gasteiger charge is 2.15. The van der Waals surface area contributed by atoms with Crippen LogP contribution >= 0.6 is 11.6 Å². The van der Waals surface area contributed by atoms with E-state index in [0.29, 0.717) is 22.8 Å². The van der Waals surface area contributed by atoms with Crippen LogP contribution in [0.25, 0.3) is 5.65 Å². The maximum atomic E-state index is 11.2. The van der Waals surface area contributed by atoms with Crippen molar-refractivity contribution in [2.45, 2.75) is 33.3 Å². The number of carbonyl (C=O) groups is 1. The van der Waals surface area contributed by atoms with E-state index in [1.807, 2.05) is 6.92 Å². The summed E-state index contributed by atoms with van der Waals surface area (Å²) in [6.45, 7) is 5.17. The average molecular weight is 268 g/mol. The van der Waals surface area contributed by atoms with Crippen molar-refractivity contribution in [2.75, 3.05) is 0 Å². The molecule has 0 aromatic carbocycles. The van der Waals surface area contributed by atoms with Gasteiger partial charge >= 0.3 is 0 Å². The molecule has 0 bridgehead atoms. The molecule has 0 aliphatic rings. The second-order valence-corrected chi connectivity index (χ2v) is 4.44. The molecule has 2 aromatic rings. The second-order valence-electron chi connectivity index (χ2n) is 4.04. The third-order valence-corrected chi connectivity index (χ3v) is 2.97. The molecule has 0 amide bonds. The largest absolute Gasteiger partial charge is 0.479 e. The zero-order valence-corrected chi connectivity index (χ0v) is 11.2. The number of ketones is 1. The summed E-state index contributed by atoms with van der Waals surface area (Å²) in [6, 6.07) is 0. The highest BCUT2D eigenvalue weighted by Crippen LogP contribution is 2.23. The molecule has 6 heteroatoms. The van der Waals surface area contributed by atoms with Crippen molar-refractivity contribution in [3.05, 3.63) is 23.1 Å². The summed E-state index contributed by atoms with van der Waals surface area (Å²) in [5, 5.41) is 4.56. The monoisotopic (exact) mass is 267 g/mol. The number of hydrogen-bond acceptors (Lipinski definition) is 4. The molecule has 1 atom stereocenters. The van der Waals surface area contributed by atoms with Crippen molar-refractivity contribution in [1.82, 2.24) is 14.6 Å². The Hall–Kier alpha value is -1.62. The maximum Gasteiger partial charge on any atom is 0.174 e. The van der Waals surface area contributed by atoms with Crippen molar-refractivity contribution in [1.29, 1.82) is 0 Å². The van der Waals surface area contributed by atoms with E-state index >= 15 is 0 Å². The Morgan fingerprint density at radius 3 is 2.94 bits per heavy atom. The van der Waals surface area contributed by atoms with Gasteiger partial charge in [0.2, 0.25) is 0 Å². The predicted molar refractivity (Wildman–Crippen MR) is 68.1 cm³/mol. The van der Waals surface area contributed by atoms with E-state index in [9.17, 15) is 4.79 Å². The minimum Gasteiger partial charge on any atom is -0.479 e. The summed E-state index contributed by atoms with van der Waals surface area (Å²) in [5.74, 6) is 0.531. The standard InChI is InChI=1S/C12H14ClN3O2/c1-4-10-11(18-8(3)7(2)17)6-16-12(15-10)9(13)5-14-16/h5-6,8H,4H2,1-3H3. The molecule has 0 aliphatic carbocycles. The van der Waals surface area contributed by atoms with Gasteiger partial charge in [0.05, 0.1) is 18.1 Å². The van der Waals surface area contributed by atoms with Crippen molar-refractivity contribution in [3.8, 4) is 5.75 Å². The van der Waals surface area contributed by atoms with Gasteiger partial charge < -0.3 is 4.74 Å². The number of aryl methyl sites for hydroxylation is 1. The summed E-state index contributed by atoms with van der Waals surface area (Å²) >= 11 is 5.97. The van der Waals surface area contributed by atoms with Crippen molar-refractivity contribution in [2.24, 2.45) is 0 Å². The van der Waals surface area contributed by atoms with Crippen LogP contribution in [-0.4, -0.2) is 26.5 Å². The quantitative estimate of drug-likeness (QED) is 0.853. The van der Waals surface area contributed by atoms with Crippen LogP contribution in [0, 0.1) is 0 Å². The lowest BCUT2D eigenvalue weighted by Gasteiger charge is -2.14. The van der Waals surface area contributed by atoms with Gasteiger partial charge in [0.15, 0.2) is 23.3 Å². The van der Waals surface area contributed by atoms with E-state index in [0.717, 1.165) is 5.69 Å². The number of halogens is 1. The number of Topliss-reactive ketones (excluding diaryl/α,β-unsaturated/α-hetero) is 1. The SMILES string of the molecule is CCc1nc2c(Cl)cnn2cc1OC(C)C(C)=O. The molecule has 0 N–H and O–H groups in total. The van der Waals surface area contributed by atoms with Gasteiger partial charge in [-0.3, -0.25) is 4.79 Å². The third-order valence-electron chi connectivity index (χ3n) is 2.70. The molecule has 0 fully saturated rings. The third kappa shape index (κ3) is 2.31. The minimum absolute atomic E-state index is 0.0318. The van der Waals surface area contributed by atoms with E-state index in [1.165, 1.54) is 13.1 Å². The molecule has 0 radical (unpaired) electrons. The normalized spacial score (nSPS) is 12.7. The number of fused-ring (bicyclic) bond motifs is 1. The fourth-order valence-electron chi connectivity index (χ4n) is 1.53. The van der Waals surface area contributed by atoms with Gasteiger partial charge in [-0.2, -0.15) is 5.10 Å². The van der Waals surface area contributed by atoms with E-state index in [4.69, 9.17) is 16.3 Å². The highest BCUT2D eigenvalue weighted by atomic mass is 35.5. The Bertz CT molecular complexity index is 594. The summed E-state index contributed by atoms with van der Waals surface area (Å²) < 4.78 is 7.14. The molecule has 0 saturated carbocycles. The molecule has 96 valence electrons. The lowest BCUT2D eigenvalue weighted by atomic mass is 10.2. The van der Waals surface area contributed by atoms with Crippen LogP contribution in [-0.2, 0) is 11.2 Å². The van der Waals surface area contributed by atoms with Gasteiger partial charge in [-0.15, -0.1) is 0 Å². The molecule has 2 heterocycles. The summed E-state index contributed by atoms with van der Waals surface area (Å²) in [7, 11) is 0. The number of carbonyl (C=O) groups excluding carboxylic acids is 1. The lowest BCUT2D eigenvalue weighted by Crippen LogP contribution is -2.21. The van der Waals surface area contributed by atoms with Crippen molar-refractivity contribution in [3.63, 3.8) is 0 Å². The van der Waals surface area contributed by atoms with Gasteiger partial charge in [0, 0.05) is 0 Å². The van der Waals surface area contributed by atoms with E-state index in [1.54, 1.807) is 17.6 Å². The van der Waals surface area contributed by atoms with Crippen LogP contribution < -0.4 is 4.74 Å². The topological polar surface area (TPSA) is 56.5 Å². The van der Waals surface area contributed by atoms with E-state index < -0.39 is 6.10 Å². The number of aromatic nitrogens is 3. The fourth-order valence-corrected chi connectivity index (χ4v) is 1.70. The Morgan fingerprint density at radius 2 is 2.33 bits per heavy atom. The predicted octanol–water partition coefficient (Wildman–Crippen LogP) is 2.30. The Labute approximate surface area is 110 Å². The number of ether oxygens (including phenoxy) is 1. The molecule has 18 heavy (non-hydrogen) atoms. The lowest BCUT2D eigenvalue weighted by molar-refractivity contribution is -0.122. The molecule has 2 rings (SSSR count). The first-order valence-electron chi connectivity index (χ1n) is 5.72. The van der Waals surface area contributed by atoms with E-state index in [-0.39, 0.29) is 5.78 Å².